The van der Waals surface area contributed by atoms with Crippen LogP contribution < -0.4 is 15.4 Å². The van der Waals surface area contributed by atoms with Gasteiger partial charge < -0.3 is 25.6 Å². The van der Waals surface area contributed by atoms with Crippen LogP contribution in [0.15, 0.2) is 24.3 Å². The van der Waals surface area contributed by atoms with E-state index in [-0.39, 0.29) is 25.3 Å². The van der Waals surface area contributed by atoms with Gasteiger partial charge in [-0.15, -0.1) is 0 Å². The fourth-order valence-electron chi connectivity index (χ4n) is 2.48. The maximum Gasteiger partial charge on any atom is 0.319 e. The van der Waals surface area contributed by atoms with Crippen LogP contribution >= 0.6 is 0 Å². The van der Waals surface area contributed by atoms with E-state index in [1.54, 1.807) is 24.3 Å². The van der Waals surface area contributed by atoms with Gasteiger partial charge in [-0.05, 0) is 37.1 Å². The van der Waals surface area contributed by atoms with Crippen LogP contribution in [-0.2, 0) is 0 Å². The van der Waals surface area contributed by atoms with Gasteiger partial charge in [-0.25, -0.2) is 4.79 Å². The molecule has 2 amide bonds. The van der Waals surface area contributed by atoms with Crippen molar-refractivity contribution in [3.05, 3.63) is 24.3 Å². The van der Waals surface area contributed by atoms with E-state index >= 15 is 0 Å². The molecule has 0 heterocycles. The van der Waals surface area contributed by atoms with Crippen LogP contribution in [0.25, 0.3) is 0 Å². The maximum atomic E-state index is 11.9. The second-order valence-electron chi connectivity index (χ2n) is 5.61. The quantitative estimate of drug-likeness (QED) is 0.646. The zero-order chi connectivity index (χ0) is 15.8. The second-order valence-corrected chi connectivity index (χ2v) is 5.61. The summed E-state index contributed by atoms with van der Waals surface area (Å²) in [4.78, 5) is 11.9. The average molecular weight is 308 g/mol. The number of aliphatic hydroxyl groups is 2. The highest BCUT2D eigenvalue weighted by molar-refractivity contribution is 5.89. The van der Waals surface area contributed by atoms with Crippen molar-refractivity contribution in [1.29, 1.82) is 0 Å². The fourth-order valence-corrected chi connectivity index (χ4v) is 2.48. The van der Waals surface area contributed by atoms with Crippen molar-refractivity contribution < 1.29 is 19.7 Å². The number of ether oxygens (including phenoxy) is 1. The summed E-state index contributed by atoms with van der Waals surface area (Å²) in [6.45, 7) is -0.299. The molecule has 2 rings (SSSR count). The van der Waals surface area contributed by atoms with E-state index in [0.717, 1.165) is 12.8 Å². The first-order valence-corrected chi connectivity index (χ1v) is 7.76. The highest BCUT2D eigenvalue weighted by Crippen LogP contribution is 2.18. The standard InChI is InChI=1S/C16H24N2O4/c19-10-14(20)11-22-15-8-6-13(7-9-15)18-16(21)17-12-4-2-1-3-5-12/h6-9,12,14,19-20H,1-5,10-11H2,(H2,17,18,21). The van der Waals surface area contributed by atoms with Gasteiger partial charge in [-0.2, -0.15) is 0 Å². The van der Waals surface area contributed by atoms with E-state index < -0.39 is 6.10 Å². The number of nitrogens with one attached hydrogen (secondary N) is 2. The van der Waals surface area contributed by atoms with Crippen molar-refractivity contribution in [2.24, 2.45) is 0 Å². The summed E-state index contributed by atoms with van der Waals surface area (Å²) in [5.41, 5.74) is 0.684. The summed E-state index contributed by atoms with van der Waals surface area (Å²) in [5, 5.41) is 23.7. The van der Waals surface area contributed by atoms with Gasteiger partial charge in [0, 0.05) is 11.7 Å². The minimum absolute atomic E-state index is 0.0332. The van der Waals surface area contributed by atoms with Gasteiger partial charge in [0.1, 0.15) is 18.5 Å². The molecular formula is C16H24N2O4. The van der Waals surface area contributed by atoms with Crippen LogP contribution in [0.4, 0.5) is 10.5 Å². The Hall–Kier alpha value is -1.79. The minimum atomic E-state index is -0.890. The SMILES string of the molecule is O=C(Nc1ccc(OCC(O)CO)cc1)NC1CCCCC1. The first kappa shape index (κ1) is 16.6. The number of aliphatic hydroxyl groups excluding tert-OH is 2. The lowest BCUT2D eigenvalue weighted by atomic mass is 9.96. The van der Waals surface area contributed by atoms with Crippen LogP contribution in [0.1, 0.15) is 32.1 Å². The number of hydrogen-bond acceptors (Lipinski definition) is 4. The molecule has 1 unspecified atom stereocenters. The fraction of sp³-hybridized carbons (Fsp3) is 0.562. The van der Waals surface area contributed by atoms with E-state index in [2.05, 4.69) is 10.6 Å². The van der Waals surface area contributed by atoms with Crippen LogP contribution in [0.3, 0.4) is 0 Å². The van der Waals surface area contributed by atoms with Gasteiger partial charge in [-0.1, -0.05) is 19.3 Å². The molecule has 0 aliphatic heterocycles. The molecule has 6 nitrogen and oxygen atoms in total. The molecule has 122 valence electrons. The van der Waals surface area contributed by atoms with Crippen molar-refractivity contribution >= 4 is 11.7 Å². The van der Waals surface area contributed by atoms with Crippen molar-refractivity contribution in [2.75, 3.05) is 18.5 Å². The molecular weight excluding hydrogens is 284 g/mol. The van der Waals surface area contributed by atoms with Gasteiger partial charge in [0.05, 0.1) is 6.61 Å². The molecule has 0 aromatic heterocycles. The molecule has 1 fully saturated rings. The van der Waals surface area contributed by atoms with Crippen LogP contribution in [0.5, 0.6) is 5.75 Å². The normalized spacial score (nSPS) is 16.8. The lowest BCUT2D eigenvalue weighted by Crippen LogP contribution is -2.38. The zero-order valence-electron chi connectivity index (χ0n) is 12.6. The molecule has 1 aromatic carbocycles. The van der Waals surface area contributed by atoms with Gasteiger partial charge in [-0.3, -0.25) is 0 Å². The Morgan fingerprint density at radius 1 is 1.23 bits per heavy atom. The number of carbonyl (C=O) groups excluding carboxylic acids is 1. The number of carbonyl (C=O) groups is 1. The number of benzene rings is 1. The average Bonchev–Trinajstić information content (AvgIpc) is 2.54. The Morgan fingerprint density at radius 2 is 1.91 bits per heavy atom. The van der Waals surface area contributed by atoms with Gasteiger partial charge in [0.15, 0.2) is 0 Å². The molecule has 1 aliphatic carbocycles. The van der Waals surface area contributed by atoms with E-state index in [1.807, 2.05) is 0 Å². The summed E-state index contributed by atoms with van der Waals surface area (Å²) in [6, 6.07) is 6.98. The predicted molar refractivity (Wildman–Crippen MR) is 84.1 cm³/mol. The number of amides is 2. The lowest BCUT2D eigenvalue weighted by Gasteiger charge is -2.22. The maximum absolute atomic E-state index is 11.9. The molecule has 0 spiro atoms. The van der Waals surface area contributed by atoms with Crippen LogP contribution in [0, 0.1) is 0 Å². The second kappa shape index (κ2) is 8.60. The molecule has 1 saturated carbocycles. The van der Waals surface area contributed by atoms with Crippen LogP contribution in [-0.4, -0.2) is 41.6 Å². The van der Waals surface area contributed by atoms with Crippen LogP contribution in [0.2, 0.25) is 0 Å². The molecule has 1 aromatic rings. The molecule has 0 saturated heterocycles. The molecule has 0 radical (unpaired) electrons. The van der Waals surface area contributed by atoms with Crippen molar-refractivity contribution in [3.8, 4) is 5.75 Å². The monoisotopic (exact) mass is 308 g/mol. The highest BCUT2D eigenvalue weighted by atomic mass is 16.5. The van der Waals surface area contributed by atoms with Crippen molar-refractivity contribution in [3.63, 3.8) is 0 Å². The van der Waals surface area contributed by atoms with Crippen molar-refractivity contribution in [2.45, 2.75) is 44.2 Å². The molecule has 1 aliphatic rings. The first-order chi connectivity index (χ1) is 10.7. The number of rotatable bonds is 6. The molecule has 1 atom stereocenters. The third-order valence-corrected chi connectivity index (χ3v) is 3.71. The Bertz CT molecular complexity index is 458. The van der Waals surface area contributed by atoms with E-state index in [0.29, 0.717) is 11.4 Å². The Labute approximate surface area is 130 Å². The van der Waals surface area contributed by atoms with E-state index in [9.17, 15) is 9.90 Å². The van der Waals surface area contributed by atoms with E-state index in [1.165, 1.54) is 19.3 Å². The predicted octanol–water partition coefficient (Wildman–Crippen LogP) is 1.87. The summed E-state index contributed by atoms with van der Waals surface area (Å²) in [6.07, 6.45) is 4.82. The lowest BCUT2D eigenvalue weighted by molar-refractivity contribution is 0.0536. The topological polar surface area (TPSA) is 90.8 Å². The molecule has 4 N–H and O–H groups in total. The summed E-state index contributed by atoms with van der Waals surface area (Å²) in [7, 11) is 0. The Morgan fingerprint density at radius 3 is 2.55 bits per heavy atom. The summed E-state index contributed by atoms with van der Waals surface area (Å²) < 4.78 is 5.30. The first-order valence-electron chi connectivity index (χ1n) is 7.76. The smallest absolute Gasteiger partial charge is 0.319 e. The molecule has 0 bridgehead atoms. The minimum Gasteiger partial charge on any atom is -0.491 e. The van der Waals surface area contributed by atoms with Gasteiger partial charge in [0.25, 0.3) is 0 Å². The van der Waals surface area contributed by atoms with Gasteiger partial charge in [0.2, 0.25) is 0 Å². The largest absolute Gasteiger partial charge is 0.491 e. The molecule has 6 heteroatoms. The van der Waals surface area contributed by atoms with Crippen molar-refractivity contribution in [1.82, 2.24) is 5.32 Å². The Balaban J connectivity index is 1.76. The summed E-state index contributed by atoms with van der Waals surface area (Å²) >= 11 is 0. The molecule has 22 heavy (non-hydrogen) atoms. The zero-order valence-corrected chi connectivity index (χ0v) is 12.6. The highest BCUT2D eigenvalue weighted by Gasteiger charge is 2.15. The van der Waals surface area contributed by atoms with Gasteiger partial charge >= 0.3 is 6.03 Å². The number of urea groups is 1. The Kier molecular flexibility index (Phi) is 6.48. The third-order valence-electron chi connectivity index (χ3n) is 3.71. The number of hydrogen-bond donors (Lipinski definition) is 4. The third kappa shape index (κ3) is 5.54. The van der Waals surface area contributed by atoms with E-state index in [4.69, 9.17) is 9.84 Å². The number of anilines is 1. The summed E-state index contributed by atoms with van der Waals surface area (Å²) in [5.74, 6) is 0.575.